The molecule has 0 amide bonds. The second-order valence-electron chi connectivity index (χ2n) is 11.6. The first-order valence-electron chi connectivity index (χ1n) is 14.3. The summed E-state index contributed by atoms with van der Waals surface area (Å²) in [6.07, 6.45) is 3.40. The first-order valence-corrected chi connectivity index (χ1v) is 15.8. The summed E-state index contributed by atoms with van der Waals surface area (Å²) < 4.78 is 123. The van der Waals surface area contributed by atoms with Crippen LogP contribution in [-0.4, -0.2) is 37.0 Å². The lowest BCUT2D eigenvalue weighted by Crippen LogP contribution is -2.52. The second kappa shape index (κ2) is 12.4. The van der Waals surface area contributed by atoms with Crippen LogP contribution in [0.25, 0.3) is 0 Å². The summed E-state index contributed by atoms with van der Waals surface area (Å²) in [4.78, 5) is 0. The van der Waals surface area contributed by atoms with Crippen molar-refractivity contribution in [1.29, 1.82) is 0 Å². The predicted molar refractivity (Wildman–Crippen MR) is 137 cm³/mol. The lowest BCUT2D eigenvalue weighted by atomic mass is 9.75. The standard InChI is InChI=1S/C28H38F6O5S/c29-26(30,39-27(31,32)28(33,34)40(35,36)37)18-38-25-23(20-12-6-2-7-13-20)16-22(19-10-4-1-5-11-19)17-24(25)21-14-8-3-9-15-21/h16-17,19-21H,1-15,18H2,(H,35,36,37). The van der Waals surface area contributed by atoms with Crippen molar-refractivity contribution in [2.45, 2.75) is 132 Å². The van der Waals surface area contributed by atoms with Crippen molar-refractivity contribution >= 4 is 10.1 Å². The highest BCUT2D eigenvalue weighted by Crippen LogP contribution is 2.48. The highest BCUT2D eigenvalue weighted by Gasteiger charge is 2.70. The Morgan fingerprint density at radius 1 is 0.700 bits per heavy atom. The van der Waals surface area contributed by atoms with E-state index in [1.807, 2.05) is 12.1 Å². The van der Waals surface area contributed by atoms with Gasteiger partial charge in [-0.15, -0.1) is 0 Å². The molecule has 3 aliphatic rings. The molecule has 1 aromatic rings. The third kappa shape index (κ3) is 7.09. The van der Waals surface area contributed by atoms with Crippen LogP contribution in [0.1, 0.15) is 131 Å². The van der Waals surface area contributed by atoms with Gasteiger partial charge in [-0.3, -0.25) is 4.55 Å². The first kappa shape index (κ1) is 31.4. The molecule has 0 aromatic heterocycles. The largest absolute Gasteiger partial charge is 0.484 e. The van der Waals surface area contributed by atoms with Crippen molar-refractivity contribution in [2.75, 3.05) is 6.61 Å². The highest BCUT2D eigenvalue weighted by atomic mass is 32.2. The molecule has 0 saturated heterocycles. The van der Waals surface area contributed by atoms with E-state index in [1.54, 1.807) is 0 Å². The Labute approximate surface area is 231 Å². The number of hydrogen-bond acceptors (Lipinski definition) is 4. The van der Waals surface area contributed by atoms with Gasteiger partial charge in [-0.05, 0) is 73.0 Å². The van der Waals surface area contributed by atoms with Gasteiger partial charge >= 0.3 is 27.6 Å². The summed E-state index contributed by atoms with van der Waals surface area (Å²) in [5.41, 5.74) is 2.62. The van der Waals surface area contributed by atoms with Crippen LogP contribution in [0.2, 0.25) is 0 Å². The van der Waals surface area contributed by atoms with Crippen molar-refractivity contribution in [2.24, 2.45) is 0 Å². The fraction of sp³-hybridized carbons (Fsp3) is 0.786. The normalized spacial score (nSPS) is 21.5. The van der Waals surface area contributed by atoms with E-state index in [-0.39, 0.29) is 17.6 Å². The Hall–Kier alpha value is -1.53. The molecule has 0 radical (unpaired) electrons. The summed E-state index contributed by atoms with van der Waals surface area (Å²) in [5, 5.41) is -6.29. The SMILES string of the molecule is O=S(=O)(O)C(F)(F)C(F)(F)OC(F)(F)COc1c(C2CCCCC2)cc(C2CCCCC2)cc1C1CCCCC1. The zero-order chi connectivity index (χ0) is 29.2. The number of hydrogen-bond donors (Lipinski definition) is 1. The van der Waals surface area contributed by atoms with Gasteiger partial charge in [-0.25, -0.2) is 4.74 Å². The van der Waals surface area contributed by atoms with Crippen molar-refractivity contribution < 1.29 is 48.8 Å². The highest BCUT2D eigenvalue weighted by molar-refractivity contribution is 7.86. The maximum Gasteiger partial charge on any atom is 0.460 e. The fourth-order valence-electron chi connectivity index (χ4n) is 6.55. The molecule has 5 nitrogen and oxygen atoms in total. The molecule has 40 heavy (non-hydrogen) atoms. The topological polar surface area (TPSA) is 72.8 Å². The van der Waals surface area contributed by atoms with E-state index in [1.165, 1.54) is 6.42 Å². The number of ether oxygens (including phenoxy) is 2. The van der Waals surface area contributed by atoms with E-state index < -0.39 is 34.2 Å². The van der Waals surface area contributed by atoms with Crippen LogP contribution in [0.3, 0.4) is 0 Å². The van der Waals surface area contributed by atoms with E-state index in [9.17, 15) is 34.8 Å². The Morgan fingerprint density at radius 2 is 1.10 bits per heavy atom. The predicted octanol–water partition coefficient (Wildman–Crippen LogP) is 8.89. The second-order valence-corrected chi connectivity index (χ2v) is 13.0. The smallest absolute Gasteiger partial charge is 0.460 e. The molecule has 0 bridgehead atoms. The lowest BCUT2D eigenvalue weighted by molar-refractivity contribution is -0.417. The number of alkyl halides is 6. The Kier molecular flexibility index (Phi) is 9.71. The Bertz CT molecular complexity index is 1070. The van der Waals surface area contributed by atoms with E-state index >= 15 is 0 Å². The summed E-state index contributed by atoms with van der Waals surface area (Å²) in [5.74, 6) is 0.550. The van der Waals surface area contributed by atoms with E-state index in [2.05, 4.69) is 4.74 Å². The van der Waals surface area contributed by atoms with Crippen LogP contribution in [0.15, 0.2) is 12.1 Å². The molecule has 3 saturated carbocycles. The zero-order valence-corrected chi connectivity index (χ0v) is 23.3. The molecule has 12 heteroatoms. The molecule has 3 fully saturated rings. The number of rotatable bonds is 10. The zero-order valence-electron chi connectivity index (χ0n) is 22.5. The number of benzene rings is 1. The molecule has 0 heterocycles. The third-order valence-electron chi connectivity index (χ3n) is 8.66. The van der Waals surface area contributed by atoms with Gasteiger partial charge in [0.2, 0.25) is 0 Å². The van der Waals surface area contributed by atoms with Crippen molar-refractivity contribution in [3.63, 3.8) is 0 Å². The first-order chi connectivity index (χ1) is 18.7. The van der Waals surface area contributed by atoms with Crippen LogP contribution in [-0.2, 0) is 14.9 Å². The van der Waals surface area contributed by atoms with Crippen LogP contribution < -0.4 is 4.74 Å². The maximum atomic E-state index is 14.6. The van der Waals surface area contributed by atoms with Gasteiger partial charge in [-0.1, -0.05) is 69.9 Å². The maximum absolute atomic E-state index is 14.6. The average molecular weight is 601 g/mol. The van der Waals surface area contributed by atoms with Gasteiger partial charge in [0, 0.05) is 0 Å². The summed E-state index contributed by atoms with van der Waals surface area (Å²) in [7, 11) is -6.74. The van der Waals surface area contributed by atoms with Gasteiger partial charge in [0.1, 0.15) is 5.75 Å². The quantitative estimate of drug-likeness (QED) is 0.215. The van der Waals surface area contributed by atoms with Crippen molar-refractivity contribution in [1.82, 2.24) is 0 Å². The minimum atomic E-state index is -6.74. The van der Waals surface area contributed by atoms with E-state index in [0.717, 1.165) is 107 Å². The van der Waals surface area contributed by atoms with Gasteiger partial charge in [0.25, 0.3) is 0 Å². The van der Waals surface area contributed by atoms with Gasteiger partial charge in [0.15, 0.2) is 6.61 Å². The number of halogens is 6. The lowest BCUT2D eigenvalue weighted by Gasteiger charge is -2.33. The monoisotopic (exact) mass is 600 g/mol. The molecular weight excluding hydrogens is 562 g/mol. The Morgan fingerprint density at radius 3 is 1.50 bits per heavy atom. The fourth-order valence-corrected chi connectivity index (χ4v) is 6.90. The molecule has 0 atom stereocenters. The molecule has 3 aliphatic carbocycles. The summed E-state index contributed by atoms with van der Waals surface area (Å²) >= 11 is 0. The molecule has 0 spiro atoms. The van der Waals surface area contributed by atoms with Crippen molar-refractivity contribution in [3.05, 3.63) is 28.8 Å². The van der Waals surface area contributed by atoms with E-state index in [0.29, 0.717) is 5.92 Å². The van der Waals surface area contributed by atoms with Gasteiger partial charge in [0.05, 0.1) is 0 Å². The molecule has 1 N–H and O–H groups in total. The molecule has 4 rings (SSSR count). The average Bonchev–Trinajstić information content (AvgIpc) is 2.91. The third-order valence-corrected chi connectivity index (χ3v) is 9.55. The molecule has 1 aromatic carbocycles. The van der Waals surface area contributed by atoms with Gasteiger partial charge in [-0.2, -0.15) is 34.8 Å². The van der Waals surface area contributed by atoms with Crippen LogP contribution >= 0.6 is 0 Å². The molecule has 228 valence electrons. The van der Waals surface area contributed by atoms with Crippen molar-refractivity contribution in [3.8, 4) is 5.75 Å². The minimum Gasteiger partial charge on any atom is -0.484 e. The van der Waals surface area contributed by atoms with Crippen LogP contribution in [0.5, 0.6) is 5.75 Å². The summed E-state index contributed by atoms with van der Waals surface area (Å²) in [6.45, 7) is -1.83. The Balaban J connectivity index is 1.69. The van der Waals surface area contributed by atoms with Crippen LogP contribution in [0, 0.1) is 0 Å². The minimum absolute atomic E-state index is 0.0227. The molecule has 0 unspecified atom stereocenters. The molecular formula is C28H38F6O5S. The van der Waals surface area contributed by atoms with Gasteiger partial charge < -0.3 is 4.74 Å². The van der Waals surface area contributed by atoms with E-state index in [4.69, 9.17) is 9.29 Å². The molecule has 0 aliphatic heterocycles. The summed E-state index contributed by atoms with van der Waals surface area (Å²) in [6, 6.07) is 4.02. The van der Waals surface area contributed by atoms with Crippen LogP contribution in [0.4, 0.5) is 26.3 Å².